The van der Waals surface area contributed by atoms with Crippen LogP contribution in [-0.2, 0) is 19.0 Å². The molecule has 1 aliphatic heterocycles. The van der Waals surface area contributed by atoms with Crippen molar-refractivity contribution in [3.8, 4) is 0 Å². The Morgan fingerprint density at radius 1 is 1.50 bits per heavy atom. The molecule has 3 heterocycles. The fourth-order valence-electron chi connectivity index (χ4n) is 2.71. The molecule has 0 aromatic carbocycles. The Morgan fingerprint density at radius 3 is 3.06 bits per heavy atom. The van der Waals surface area contributed by atoms with Crippen molar-refractivity contribution in [2.24, 2.45) is 7.05 Å². The maximum absolute atomic E-state index is 4.43. The van der Waals surface area contributed by atoms with Crippen LogP contribution < -0.4 is 5.32 Å². The molecule has 2 aromatic rings. The summed E-state index contributed by atoms with van der Waals surface area (Å²) in [6, 6.07) is 2.05. The van der Waals surface area contributed by atoms with Crippen LogP contribution in [-0.4, -0.2) is 32.4 Å². The highest BCUT2D eigenvalue weighted by atomic mass is 15.3. The topological polar surface area (TPSA) is 47.7 Å². The van der Waals surface area contributed by atoms with Crippen LogP contribution in [0.25, 0.3) is 0 Å². The molecule has 5 heteroatoms. The smallest absolute Gasteiger partial charge is 0.0952 e. The van der Waals surface area contributed by atoms with Gasteiger partial charge in [-0.3, -0.25) is 4.68 Å². The average Bonchev–Trinajstić information content (AvgIpc) is 3.02. The molecule has 3 rings (SSSR count). The van der Waals surface area contributed by atoms with Crippen molar-refractivity contribution in [3.05, 3.63) is 36.2 Å². The Labute approximate surface area is 107 Å². The molecule has 18 heavy (non-hydrogen) atoms. The number of hydrogen-bond acceptors (Lipinski definition) is 3. The fourth-order valence-corrected chi connectivity index (χ4v) is 2.71. The van der Waals surface area contributed by atoms with E-state index < -0.39 is 0 Å². The van der Waals surface area contributed by atoms with E-state index in [0.717, 1.165) is 25.3 Å². The van der Waals surface area contributed by atoms with Crippen LogP contribution in [0.1, 0.15) is 24.7 Å². The largest absolute Gasteiger partial charge is 0.328 e. The van der Waals surface area contributed by atoms with Gasteiger partial charge in [0.2, 0.25) is 0 Å². The quantitative estimate of drug-likeness (QED) is 0.874. The summed E-state index contributed by atoms with van der Waals surface area (Å²) in [4.78, 5) is 4.32. The first kappa shape index (κ1) is 11.5. The molecule has 1 N–H and O–H groups in total. The Hall–Kier alpha value is -1.62. The second-order valence-electron chi connectivity index (χ2n) is 5.37. The average molecular weight is 245 g/mol. The monoisotopic (exact) mass is 245 g/mol. The van der Waals surface area contributed by atoms with Crippen LogP contribution in [0.4, 0.5) is 0 Å². The highest BCUT2D eigenvalue weighted by Crippen LogP contribution is 2.29. The van der Waals surface area contributed by atoms with Crippen LogP contribution >= 0.6 is 0 Å². The minimum atomic E-state index is 0.200. The van der Waals surface area contributed by atoms with E-state index >= 15 is 0 Å². The Morgan fingerprint density at radius 2 is 2.39 bits per heavy atom. The van der Waals surface area contributed by atoms with Crippen LogP contribution in [0, 0.1) is 0 Å². The van der Waals surface area contributed by atoms with Gasteiger partial charge in [-0.05, 0) is 19.0 Å². The van der Waals surface area contributed by atoms with Crippen LogP contribution in [0.2, 0.25) is 0 Å². The first-order valence-corrected chi connectivity index (χ1v) is 6.37. The molecule has 1 unspecified atom stereocenters. The number of hydrogen-bond donors (Lipinski definition) is 1. The maximum atomic E-state index is 4.43. The lowest BCUT2D eigenvalue weighted by Gasteiger charge is -2.24. The van der Waals surface area contributed by atoms with E-state index in [1.54, 1.807) is 0 Å². The lowest BCUT2D eigenvalue weighted by Crippen LogP contribution is -2.28. The summed E-state index contributed by atoms with van der Waals surface area (Å²) >= 11 is 0. The number of aromatic nitrogens is 4. The Bertz CT molecular complexity index is 533. The second kappa shape index (κ2) is 4.24. The van der Waals surface area contributed by atoms with Crippen molar-refractivity contribution in [3.63, 3.8) is 0 Å². The zero-order valence-corrected chi connectivity index (χ0v) is 10.9. The second-order valence-corrected chi connectivity index (χ2v) is 5.37. The lowest BCUT2D eigenvalue weighted by atomic mass is 9.86. The van der Waals surface area contributed by atoms with E-state index in [0.29, 0.717) is 0 Å². The maximum Gasteiger partial charge on any atom is 0.0952 e. The summed E-state index contributed by atoms with van der Waals surface area (Å²) in [5.41, 5.74) is 2.58. The zero-order valence-electron chi connectivity index (χ0n) is 10.9. The summed E-state index contributed by atoms with van der Waals surface area (Å²) in [6.45, 7) is 5.22. The molecule has 1 fully saturated rings. The minimum Gasteiger partial charge on any atom is -0.328 e. The molecule has 0 saturated carbocycles. The summed E-state index contributed by atoms with van der Waals surface area (Å²) in [5, 5.41) is 7.86. The van der Waals surface area contributed by atoms with Gasteiger partial charge in [-0.15, -0.1) is 0 Å². The van der Waals surface area contributed by atoms with Gasteiger partial charge in [-0.25, -0.2) is 4.98 Å². The highest BCUT2D eigenvalue weighted by Gasteiger charge is 2.33. The van der Waals surface area contributed by atoms with E-state index in [-0.39, 0.29) is 5.41 Å². The molecule has 0 amide bonds. The predicted octanol–water partition coefficient (Wildman–Crippen LogP) is 0.916. The molecule has 1 saturated heterocycles. The van der Waals surface area contributed by atoms with Crippen molar-refractivity contribution >= 4 is 0 Å². The molecule has 0 bridgehead atoms. The van der Waals surface area contributed by atoms with E-state index in [1.807, 2.05) is 30.5 Å². The van der Waals surface area contributed by atoms with Crippen molar-refractivity contribution in [1.82, 2.24) is 24.6 Å². The van der Waals surface area contributed by atoms with Gasteiger partial charge in [0.15, 0.2) is 0 Å². The summed E-state index contributed by atoms with van der Waals surface area (Å²) in [7, 11) is 1.94. The van der Waals surface area contributed by atoms with E-state index in [4.69, 9.17) is 0 Å². The third-order valence-corrected chi connectivity index (χ3v) is 3.80. The molecule has 0 aliphatic carbocycles. The molecule has 1 aliphatic rings. The number of aryl methyl sites for hydroxylation is 1. The van der Waals surface area contributed by atoms with E-state index in [1.165, 1.54) is 12.1 Å². The van der Waals surface area contributed by atoms with E-state index in [9.17, 15) is 0 Å². The van der Waals surface area contributed by atoms with Crippen molar-refractivity contribution in [2.75, 3.05) is 13.1 Å². The van der Waals surface area contributed by atoms with Gasteiger partial charge in [-0.1, -0.05) is 6.92 Å². The Kier molecular flexibility index (Phi) is 2.70. The van der Waals surface area contributed by atoms with Gasteiger partial charge < -0.3 is 9.88 Å². The number of imidazole rings is 1. The van der Waals surface area contributed by atoms with Gasteiger partial charge in [0.1, 0.15) is 0 Å². The predicted molar refractivity (Wildman–Crippen MR) is 69.4 cm³/mol. The molecule has 96 valence electrons. The molecular formula is C13H19N5. The molecular weight excluding hydrogens is 226 g/mol. The normalized spacial score (nSPS) is 23.7. The van der Waals surface area contributed by atoms with Gasteiger partial charge in [-0.2, -0.15) is 5.10 Å². The van der Waals surface area contributed by atoms with Gasteiger partial charge in [0.25, 0.3) is 0 Å². The lowest BCUT2D eigenvalue weighted by molar-refractivity contribution is 0.479. The SMILES string of the molecule is Cn1ccc(Cn2cncc2C2(C)CCNC2)n1. The third kappa shape index (κ3) is 1.95. The highest BCUT2D eigenvalue weighted by molar-refractivity contribution is 5.18. The minimum absolute atomic E-state index is 0.200. The number of nitrogens with one attached hydrogen (secondary N) is 1. The fraction of sp³-hybridized carbons (Fsp3) is 0.538. The molecule has 2 aromatic heterocycles. The zero-order chi connectivity index (χ0) is 12.6. The molecule has 1 atom stereocenters. The standard InChI is InChI=1S/C13H19N5/c1-13(4-5-14-9-13)12-7-15-10-18(12)8-11-3-6-17(2)16-11/h3,6-7,10,14H,4-5,8-9H2,1-2H3. The van der Waals surface area contributed by atoms with Crippen LogP contribution in [0.15, 0.2) is 24.8 Å². The summed E-state index contributed by atoms with van der Waals surface area (Å²) in [5.74, 6) is 0. The third-order valence-electron chi connectivity index (χ3n) is 3.80. The first-order valence-electron chi connectivity index (χ1n) is 6.37. The van der Waals surface area contributed by atoms with Gasteiger partial charge in [0, 0.05) is 37.1 Å². The summed E-state index contributed by atoms with van der Waals surface area (Å²) in [6.07, 6.45) is 7.05. The molecule has 0 radical (unpaired) electrons. The first-order chi connectivity index (χ1) is 8.67. The molecule has 0 spiro atoms. The van der Waals surface area contributed by atoms with Crippen LogP contribution in [0.3, 0.4) is 0 Å². The number of rotatable bonds is 3. The summed E-state index contributed by atoms with van der Waals surface area (Å²) < 4.78 is 4.06. The van der Waals surface area contributed by atoms with Crippen LogP contribution in [0.5, 0.6) is 0 Å². The van der Waals surface area contributed by atoms with Crippen molar-refractivity contribution in [2.45, 2.75) is 25.3 Å². The molecule has 5 nitrogen and oxygen atoms in total. The number of nitrogens with zero attached hydrogens (tertiary/aromatic N) is 4. The van der Waals surface area contributed by atoms with Crippen molar-refractivity contribution < 1.29 is 0 Å². The van der Waals surface area contributed by atoms with Crippen molar-refractivity contribution in [1.29, 1.82) is 0 Å². The Balaban J connectivity index is 1.87. The van der Waals surface area contributed by atoms with Gasteiger partial charge >= 0.3 is 0 Å². The van der Waals surface area contributed by atoms with Gasteiger partial charge in [0.05, 0.1) is 18.6 Å². The van der Waals surface area contributed by atoms with E-state index in [2.05, 4.69) is 33.0 Å².